The summed E-state index contributed by atoms with van der Waals surface area (Å²) in [5, 5.41) is 0.561. The number of aromatic amines is 1. The molecule has 0 aliphatic carbocycles. The van der Waals surface area contributed by atoms with Gasteiger partial charge < -0.3 is 14.5 Å². The van der Waals surface area contributed by atoms with Gasteiger partial charge in [0.25, 0.3) is 5.56 Å². The van der Waals surface area contributed by atoms with Gasteiger partial charge in [-0.15, -0.1) is 0 Å². The van der Waals surface area contributed by atoms with Gasteiger partial charge in [0.15, 0.2) is 0 Å². The Hall–Kier alpha value is -2.60. The van der Waals surface area contributed by atoms with Gasteiger partial charge in [-0.05, 0) is 38.5 Å². The predicted molar refractivity (Wildman–Crippen MR) is 92.9 cm³/mol. The summed E-state index contributed by atoms with van der Waals surface area (Å²) in [6.45, 7) is 5.28. The fraction of sp³-hybridized carbons (Fsp3) is 0.278. The molecule has 0 saturated carbocycles. The second-order valence-corrected chi connectivity index (χ2v) is 6.08. The maximum absolute atomic E-state index is 12.6. The standard InChI is InChI=1S/C18H17ClN2O4/c1-4-24-18(23)13-9(2)25-17-15(16(22)20-10(3)21-17)14(13)11-5-7-12(19)8-6-11/h5-8,14H,4H2,1-3H3,(H,20,21,22)/t14-/m1/s1. The van der Waals surface area contributed by atoms with Crippen LogP contribution in [0.3, 0.4) is 0 Å². The number of fused-ring (bicyclic) bond motifs is 1. The number of allylic oxidation sites excluding steroid dienone is 1. The number of aromatic nitrogens is 2. The number of nitrogens with one attached hydrogen (secondary N) is 1. The molecule has 2 aromatic rings. The van der Waals surface area contributed by atoms with Crippen LogP contribution in [0.5, 0.6) is 5.88 Å². The zero-order chi connectivity index (χ0) is 18.1. The van der Waals surface area contributed by atoms with Crippen molar-refractivity contribution in [2.24, 2.45) is 0 Å². The van der Waals surface area contributed by atoms with Crippen LogP contribution in [-0.4, -0.2) is 22.5 Å². The van der Waals surface area contributed by atoms with Crippen LogP contribution in [0, 0.1) is 6.92 Å². The highest BCUT2D eigenvalue weighted by Crippen LogP contribution is 2.41. The molecule has 0 bridgehead atoms. The first kappa shape index (κ1) is 17.2. The summed E-state index contributed by atoms with van der Waals surface area (Å²) in [7, 11) is 0. The van der Waals surface area contributed by atoms with Crippen molar-refractivity contribution in [2.45, 2.75) is 26.7 Å². The molecule has 0 saturated heterocycles. The summed E-state index contributed by atoms with van der Waals surface area (Å²) in [5.41, 5.74) is 0.943. The van der Waals surface area contributed by atoms with Crippen LogP contribution in [0.2, 0.25) is 5.02 Å². The summed E-state index contributed by atoms with van der Waals surface area (Å²) < 4.78 is 10.8. The van der Waals surface area contributed by atoms with Crippen LogP contribution in [-0.2, 0) is 9.53 Å². The number of hydrogen-bond donors (Lipinski definition) is 1. The number of nitrogens with zero attached hydrogens (tertiary/aromatic N) is 1. The lowest BCUT2D eigenvalue weighted by molar-refractivity contribution is -0.139. The number of esters is 1. The van der Waals surface area contributed by atoms with Crippen molar-refractivity contribution in [3.63, 3.8) is 0 Å². The van der Waals surface area contributed by atoms with Crippen LogP contribution >= 0.6 is 11.6 Å². The smallest absolute Gasteiger partial charge is 0.338 e. The van der Waals surface area contributed by atoms with Crippen LogP contribution in [0.4, 0.5) is 0 Å². The Morgan fingerprint density at radius 3 is 2.64 bits per heavy atom. The van der Waals surface area contributed by atoms with Gasteiger partial charge >= 0.3 is 5.97 Å². The normalized spacial score (nSPS) is 16.2. The van der Waals surface area contributed by atoms with Gasteiger partial charge in [0.1, 0.15) is 11.6 Å². The lowest BCUT2D eigenvalue weighted by atomic mass is 9.83. The number of carbonyl (C=O) groups is 1. The molecule has 7 heteroatoms. The van der Waals surface area contributed by atoms with Gasteiger partial charge in [-0.25, -0.2) is 4.79 Å². The third-order valence-electron chi connectivity index (χ3n) is 3.94. The molecule has 1 aromatic carbocycles. The van der Waals surface area contributed by atoms with Gasteiger partial charge in [-0.1, -0.05) is 23.7 Å². The van der Waals surface area contributed by atoms with E-state index in [-0.39, 0.29) is 29.2 Å². The number of aryl methyl sites for hydroxylation is 1. The van der Waals surface area contributed by atoms with E-state index in [1.165, 1.54) is 0 Å². The van der Waals surface area contributed by atoms with Crippen LogP contribution in [0.15, 0.2) is 40.4 Å². The highest BCUT2D eigenvalue weighted by molar-refractivity contribution is 6.30. The summed E-state index contributed by atoms with van der Waals surface area (Å²) in [5.74, 6) is -0.163. The van der Waals surface area contributed by atoms with E-state index >= 15 is 0 Å². The van der Waals surface area contributed by atoms with Gasteiger partial charge in [0.2, 0.25) is 5.88 Å². The Kier molecular flexibility index (Phi) is 4.63. The van der Waals surface area contributed by atoms with Crippen molar-refractivity contribution >= 4 is 17.6 Å². The van der Waals surface area contributed by atoms with Crippen molar-refractivity contribution in [3.05, 3.63) is 67.9 Å². The fourth-order valence-electron chi connectivity index (χ4n) is 2.91. The average Bonchev–Trinajstić information content (AvgIpc) is 2.54. The van der Waals surface area contributed by atoms with E-state index in [1.807, 2.05) is 0 Å². The van der Waals surface area contributed by atoms with Crippen molar-refractivity contribution in [1.82, 2.24) is 9.97 Å². The van der Waals surface area contributed by atoms with Gasteiger partial charge in [0.05, 0.1) is 23.7 Å². The molecule has 1 atom stereocenters. The number of ether oxygens (including phenoxy) is 2. The number of carbonyl (C=O) groups excluding carboxylic acids is 1. The summed E-state index contributed by atoms with van der Waals surface area (Å²) in [6.07, 6.45) is 0. The zero-order valence-electron chi connectivity index (χ0n) is 14.1. The largest absolute Gasteiger partial charge is 0.463 e. The summed E-state index contributed by atoms with van der Waals surface area (Å²) in [6, 6.07) is 6.96. The zero-order valence-corrected chi connectivity index (χ0v) is 14.8. The average molecular weight is 361 g/mol. The second kappa shape index (κ2) is 6.72. The van der Waals surface area contributed by atoms with E-state index in [4.69, 9.17) is 21.1 Å². The Labute approximate surface area is 149 Å². The SMILES string of the molecule is CCOC(=O)C1=C(C)Oc2nc(C)[nH]c(=O)c2[C@@H]1c1ccc(Cl)cc1. The fourth-order valence-corrected chi connectivity index (χ4v) is 3.03. The molecule has 1 N–H and O–H groups in total. The lowest BCUT2D eigenvalue weighted by Crippen LogP contribution is -2.30. The molecule has 0 fully saturated rings. The number of halogens is 1. The van der Waals surface area contributed by atoms with Gasteiger partial charge in [-0.2, -0.15) is 4.98 Å². The molecule has 0 radical (unpaired) electrons. The maximum atomic E-state index is 12.6. The van der Waals surface area contributed by atoms with Crippen molar-refractivity contribution < 1.29 is 14.3 Å². The minimum atomic E-state index is -0.642. The van der Waals surface area contributed by atoms with E-state index < -0.39 is 11.9 Å². The molecular weight excluding hydrogens is 344 g/mol. The van der Waals surface area contributed by atoms with Crippen LogP contribution < -0.4 is 10.3 Å². The molecule has 3 rings (SSSR count). The first-order valence-corrected chi connectivity index (χ1v) is 8.22. The molecule has 2 heterocycles. The second-order valence-electron chi connectivity index (χ2n) is 5.65. The third-order valence-corrected chi connectivity index (χ3v) is 4.20. The number of benzene rings is 1. The third kappa shape index (κ3) is 3.17. The van der Waals surface area contributed by atoms with Crippen molar-refractivity contribution in [3.8, 4) is 5.88 Å². The highest BCUT2D eigenvalue weighted by atomic mass is 35.5. The molecule has 6 nitrogen and oxygen atoms in total. The van der Waals surface area contributed by atoms with Crippen LogP contribution in [0.25, 0.3) is 0 Å². The van der Waals surface area contributed by atoms with E-state index in [0.717, 1.165) is 5.56 Å². The quantitative estimate of drug-likeness (QED) is 0.850. The molecule has 0 amide bonds. The lowest BCUT2D eigenvalue weighted by Gasteiger charge is -2.27. The minimum Gasteiger partial charge on any atom is -0.463 e. The Morgan fingerprint density at radius 2 is 2.00 bits per heavy atom. The van der Waals surface area contributed by atoms with Crippen LogP contribution in [0.1, 0.15) is 36.7 Å². The van der Waals surface area contributed by atoms with Gasteiger partial charge in [-0.3, -0.25) is 4.79 Å². The van der Waals surface area contributed by atoms with Crippen molar-refractivity contribution in [1.29, 1.82) is 0 Å². The Morgan fingerprint density at radius 1 is 1.32 bits per heavy atom. The molecular formula is C18H17ClN2O4. The van der Waals surface area contributed by atoms with E-state index in [9.17, 15) is 9.59 Å². The number of hydrogen-bond acceptors (Lipinski definition) is 5. The topological polar surface area (TPSA) is 81.3 Å². The molecule has 1 aliphatic heterocycles. The molecule has 0 unspecified atom stereocenters. The Balaban J connectivity index is 2.26. The Bertz CT molecular complexity index is 916. The van der Waals surface area contributed by atoms with E-state index in [2.05, 4.69) is 9.97 Å². The molecule has 25 heavy (non-hydrogen) atoms. The van der Waals surface area contributed by atoms with E-state index in [0.29, 0.717) is 16.6 Å². The highest BCUT2D eigenvalue weighted by Gasteiger charge is 2.37. The molecule has 130 valence electrons. The monoisotopic (exact) mass is 360 g/mol. The number of H-pyrrole nitrogens is 1. The van der Waals surface area contributed by atoms with Gasteiger partial charge in [0, 0.05) is 5.02 Å². The molecule has 1 aliphatic rings. The van der Waals surface area contributed by atoms with Crippen molar-refractivity contribution in [2.75, 3.05) is 6.61 Å². The predicted octanol–water partition coefficient (Wildman–Crippen LogP) is 3.09. The minimum absolute atomic E-state index is 0.201. The number of rotatable bonds is 3. The molecule has 1 aromatic heterocycles. The molecule has 0 spiro atoms. The maximum Gasteiger partial charge on any atom is 0.338 e. The summed E-state index contributed by atoms with van der Waals surface area (Å²) in [4.78, 5) is 32.1. The first-order valence-electron chi connectivity index (χ1n) is 7.84. The first-order chi connectivity index (χ1) is 11.9. The van der Waals surface area contributed by atoms with E-state index in [1.54, 1.807) is 45.0 Å². The summed E-state index contributed by atoms with van der Waals surface area (Å²) >= 11 is 5.97.